The van der Waals surface area contributed by atoms with E-state index in [1.165, 1.54) is 49.2 Å². The van der Waals surface area contributed by atoms with Gasteiger partial charge in [0.1, 0.15) is 5.75 Å². The average Bonchev–Trinajstić information content (AvgIpc) is 3.16. The number of hydrogen-bond donors (Lipinski definition) is 1. The van der Waals surface area contributed by atoms with Gasteiger partial charge >= 0.3 is 0 Å². The van der Waals surface area contributed by atoms with Crippen LogP contribution in [0.4, 0.5) is 0 Å². The number of likely N-dealkylation sites (tertiary alicyclic amines) is 1. The number of nitrogens with one attached hydrogen (secondary N) is 1. The lowest BCUT2D eigenvalue weighted by Gasteiger charge is -2.27. The highest BCUT2D eigenvalue weighted by Crippen LogP contribution is 2.24. The highest BCUT2D eigenvalue weighted by molar-refractivity contribution is 5.37. The summed E-state index contributed by atoms with van der Waals surface area (Å²) >= 11 is 0. The molecule has 0 amide bonds. The first-order valence-electron chi connectivity index (χ1n) is 9.84. The minimum Gasteiger partial charge on any atom is -0.496 e. The Labute approximate surface area is 157 Å². The van der Waals surface area contributed by atoms with Gasteiger partial charge in [0.15, 0.2) is 0 Å². The Hall–Kier alpha value is -1.85. The summed E-state index contributed by atoms with van der Waals surface area (Å²) in [5.74, 6) is 0.997. The zero-order valence-corrected chi connectivity index (χ0v) is 16.4. The van der Waals surface area contributed by atoms with Crippen LogP contribution in [0.2, 0.25) is 0 Å². The molecule has 142 valence electrons. The third kappa shape index (κ3) is 4.65. The van der Waals surface area contributed by atoms with Crippen LogP contribution in [0.15, 0.2) is 30.5 Å². The monoisotopic (exact) mass is 356 g/mol. The predicted molar refractivity (Wildman–Crippen MR) is 105 cm³/mol. The number of aryl methyl sites for hydroxylation is 1. The Morgan fingerprint density at radius 2 is 2.00 bits per heavy atom. The van der Waals surface area contributed by atoms with Gasteiger partial charge < -0.3 is 10.1 Å². The summed E-state index contributed by atoms with van der Waals surface area (Å²) in [4.78, 5) is 2.54. The number of nitrogens with zero attached hydrogens (tertiary/aromatic N) is 3. The van der Waals surface area contributed by atoms with Crippen molar-refractivity contribution >= 4 is 0 Å². The number of benzene rings is 1. The average molecular weight is 357 g/mol. The van der Waals surface area contributed by atoms with Crippen molar-refractivity contribution in [1.29, 1.82) is 0 Å². The van der Waals surface area contributed by atoms with Gasteiger partial charge in [-0.2, -0.15) is 5.10 Å². The Balaban J connectivity index is 1.65. The van der Waals surface area contributed by atoms with Crippen molar-refractivity contribution in [2.75, 3.05) is 20.2 Å². The van der Waals surface area contributed by atoms with Crippen molar-refractivity contribution in [1.82, 2.24) is 20.0 Å². The molecule has 1 aliphatic heterocycles. The topological polar surface area (TPSA) is 42.3 Å². The van der Waals surface area contributed by atoms with Gasteiger partial charge in [-0.3, -0.25) is 9.58 Å². The van der Waals surface area contributed by atoms with Crippen molar-refractivity contribution in [3.05, 3.63) is 47.3 Å². The van der Waals surface area contributed by atoms with Gasteiger partial charge in [-0.15, -0.1) is 0 Å². The molecule has 5 nitrogen and oxygen atoms in total. The molecule has 1 fully saturated rings. The van der Waals surface area contributed by atoms with Gasteiger partial charge in [-0.25, -0.2) is 0 Å². The second-order valence-electron chi connectivity index (χ2n) is 7.16. The lowest BCUT2D eigenvalue weighted by atomic mass is 10.1. The van der Waals surface area contributed by atoms with Crippen molar-refractivity contribution in [3.63, 3.8) is 0 Å². The maximum Gasteiger partial charge on any atom is 0.123 e. The molecule has 0 saturated carbocycles. The van der Waals surface area contributed by atoms with Gasteiger partial charge in [0.2, 0.25) is 0 Å². The fourth-order valence-corrected chi connectivity index (χ4v) is 3.77. The molecule has 1 aromatic heterocycles. The largest absolute Gasteiger partial charge is 0.496 e. The Kier molecular flexibility index (Phi) is 6.69. The molecule has 2 aromatic rings. The summed E-state index contributed by atoms with van der Waals surface area (Å²) in [7, 11) is 1.76. The van der Waals surface area contributed by atoms with Gasteiger partial charge in [-0.05, 0) is 63.5 Å². The normalized spacial score (nSPS) is 16.6. The number of methoxy groups -OCH3 is 1. The highest BCUT2D eigenvalue weighted by Gasteiger charge is 2.14. The van der Waals surface area contributed by atoms with E-state index in [9.17, 15) is 0 Å². The maximum absolute atomic E-state index is 5.60. The molecular formula is C21H32N4O. The first-order valence-corrected chi connectivity index (χ1v) is 9.84. The van der Waals surface area contributed by atoms with Crippen LogP contribution in [0.1, 0.15) is 56.0 Å². The summed E-state index contributed by atoms with van der Waals surface area (Å²) in [6.07, 6.45) is 5.86. The van der Waals surface area contributed by atoms with Crippen molar-refractivity contribution < 1.29 is 4.74 Å². The van der Waals surface area contributed by atoms with Crippen LogP contribution < -0.4 is 10.1 Å². The van der Waals surface area contributed by atoms with Crippen LogP contribution in [-0.4, -0.2) is 34.9 Å². The standard InChI is InChI=1S/C21H32N4O/c1-4-25-20(10-11-23-25)17(2)22-15-18-8-9-21(26-3)19(14-18)16-24-12-6-5-7-13-24/h8-11,14,17,22H,4-7,12-13,15-16H2,1-3H3. The van der Waals surface area contributed by atoms with E-state index in [0.29, 0.717) is 0 Å². The fourth-order valence-electron chi connectivity index (χ4n) is 3.77. The molecule has 1 aromatic carbocycles. The van der Waals surface area contributed by atoms with Crippen LogP contribution in [0.25, 0.3) is 0 Å². The molecule has 0 bridgehead atoms. The van der Waals surface area contributed by atoms with Crippen LogP contribution in [0.5, 0.6) is 5.75 Å². The quantitative estimate of drug-likeness (QED) is 0.782. The third-order valence-electron chi connectivity index (χ3n) is 5.29. The van der Waals surface area contributed by atoms with Gasteiger partial charge in [-0.1, -0.05) is 12.5 Å². The van der Waals surface area contributed by atoms with Crippen molar-refractivity contribution in [2.45, 2.75) is 58.8 Å². The molecule has 1 unspecified atom stereocenters. The van der Waals surface area contributed by atoms with Crippen molar-refractivity contribution in [2.24, 2.45) is 0 Å². The van der Waals surface area contributed by atoms with E-state index in [1.807, 2.05) is 10.9 Å². The SMILES string of the molecule is CCn1nccc1C(C)NCc1ccc(OC)c(CN2CCCCC2)c1. The van der Waals surface area contributed by atoms with E-state index in [4.69, 9.17) is 4.74 Å². The van der Waals surface area contributed by atoms with Gasteiger partial charge in [0, 0.05) is 37.4 Å². The number of aromatic nitrogens is 2. The van der Waals surface area contributed by atoms with E-state index in [0.717, 1.165) is 25.4 Å². The predicted octanol–water partition coefficient (Wildman–Crippen LogP) is 3.75. The molecule has 0 radical (unpaired) electrons. The summed E-state index contributed by atoms with van der Waals surface area (Å²) in [5, 5.41) is 8.00. The molecule has 1 aliphatic rings. The Morgan fingerprint density at radius 1 is 1.19 bits per heavy atom. The van der Waals surface area contributed by atoms with Crippen LogP contribution in [0, 0.1) is 0 Å². The van der Waals surface area contributed by atoms with Crippen LogP contribution in [-0.2, 0) is 19.6 Å². The van der Waals surface area contributed by atoms with Gasteiger partial charge in [0.25, 0.3) is 0 Å². The molecule has 1 saturated heterocycles. The smallest absolute Gasteiger partial charge is 0.123 e. The molecule has 0 aliphatic carbocycles. The molecule has 2 heterocycles. The molecule has 26 heavy (non-hydrogen) atoms. The maximum atomic E-state index is 5.60. The van der Waals surface area contributed by atoms with E-state index in [1.54, 1.807) is 7.11 Å². The lowest BCUT2D eigenvalue weighted by molar-refractivity contribution is 0.218. The molecule has 5 heteroatoms. The van der Waals surface area contributed by atoms with E-state index in [2.05, 4.69) is 53.4 Å². The first kappa shape index (κ1) is 18.9. The molecule has 1 N–H and O–H groups in total. The Morgan fingerprint density at radius 3 is 2.73 bits per heavy atom. The summed E-state index contributed by atoms with van der Waals surface area (Å²) in [5.41, 5.74) is 3.82. The molecule has 3 rings (SSSR count). The van der Waals surface area contributed by atoms with Gasteiger partial charge in [0.05, 0.1) is 12.8 Å². The second kappa shape index (κ2) is 9.19. The number of rotatable bonds is 8. The second-order valence-corrected chi connectivity index (χ2v) is 7.16. The van der Waals surface area contributed by atoms with E-state index >= 15 is 0 Å². The Bertz CT molecular complexity index is 691. The zero-order chi connectivity index (χ0) is 18.4. The summed E-state index contributed by atoms with van der Waals surface area (Å²) < 4.78 is 7.65. The van der Waals surface area contributed by atoms with E-state index < -0.39 is 0 Å². The number of hydrogen-bond acceptors (Lipinski definition) is 4. The van der Waals surface area contributed by atoms with E-state index in [-0.39, 0.29) is 6.04 Å². The van der Waals surface area contributed by atoms with Crippen LogP contribution >= 0.6 is 0 Å². The minimum absolute atomic E-state index is 0.269. The first-order chi connectivity index (χ1) is 12.7. The lowest BCUT2D eigenvalue weighted by Crippen LogP contribution is -2.29. The fraction of sp³-hybridized carbons (Fsp3) is 0.571. The summed E-state index contributed by atoms with van der Waals surface area (Å²) in [6.45, 7) is 9.44. The number of ether oxygens (including phenoxy) is 1. The van der Waals surface area contributed by atoms with Crippen LogP contribution in [0.3, 0.4) is 0 Å². The summed E-state index contributed by atoms with van der Waals surface area (Å²) in [6, 6.07) is 8.93. The molecule has 1 atom stereocenters. The minimum atomic E-state index is 0.269. The third-order valence-corrected chi connectivity index (χ3v) is 5.29. The van der Waals surface area contributed by atoms with Crippen molar-refractivity contribution in [3.8, 4) is 5.75 Å². The number of piperidine rings is 1. The molecule has 0 spiro atoms. The molecular weight excluding hydrogens is 324 g/mol. The highest BCUT2D eigenvalue weighted by atomic mass is 16.5. The zero-order valence-electron chi connectivity index (χ0n) is 16.4.